The molecule has 0 bridgehead atoms. The Morgan fingerprint density at radius 1 is 0.963 bits per heavy atom. The van der Waals surface area contributed by atoms with Gasteiger partial charge in [-0.05, 0) is 55.3 Å². The molecule has 2 aromatic rings. The largest absolute Gasteiger partial charge is 0.497 e. The number of esters is 1. The van der Waals surface area contributed by atoms with Crippen LogP contribution in [0.1, 0.15) is 21.5 Å². The summed E-state index contributed by atoms with van der Waals surface area (Å²) in [7, 11) is 1.51. The van der Waals surface area contributed by atoms with Crippen LogP contribution >= 0.6 is 0 Å². The Hall–Kier alpha value is -3.35. The van der Waals surface area contributed by atoms with Crippen LogP contribution in [0.4, 0.5) is 0 Å². The van der Waals surface area contributed by atoms with Crippen molar-refractivity contribution in [2.45, 2.75) is 13.8 Å². The molecule has 7 nitrogen and oxygen atoms in total. The molecule has 142 valence electrons. The average Bonchev–Trinajstić information content (AvgIpc) is 2.67. The highest BCUT2D eigenvalue weighted by molar-refractivity contribution is 6.05. The van der Waals surface area contributed by atoms with Gasteiger partial charge in [-0.15, -0.1) is 0 Å². The summed E-state index contributed by atoms with van der Waals surface area (Å²) in [4.78, 5) is 35.4. The van der Waals surface area contributed by atoms with Crippen molar-refractivity contribution in [3.8, 4) is 11.5 Å². The highest BCUT2D eigenvalue weighted by atomic mass is 16.6. The van der Waals surface area contributed by atoms with Gasteiger partial charge in [-0.1, -0.05) is 12.1 Å². The summed E-state index contributed by atoms with van der Waals surface area (Å²) in [6.45, 7) is 2.87. The lowest BCUT2D eigenvalue weighted by molar-refractivity contribution is -0.150. The number of nitrogens with one attached hydrogen (secondary N) is 1. The molecule has 0 aliphatic heterocycles. The molecule has 2 aromatic carbocycles. The first-order valence-corrected chi connectivity index (χ1v) is 8.23. The van der Waals surface area contributed by atoms with Gasteiger partial charge in [-0.3, -0.25) is 14.9 Å². The molecule has 0 aliphatic carbocycles. The molecular formula is C20H21NO6. The van der Waals surface area contributed by atoms with Crippen molar-refractivity contribution in [3.63, 3.8) is 0 Å². The Morgan fingerprint density at radius 3 is 2.33 bits per heavy atom. The van der Waals surface area contributed by atoms with Gasteiger partial charge in [0.2, 0.25) is 0 Å². The number of hydrogen-bond acceptors (Lipinski definition) is 6. The van der Waals surface area contributed by atoms with E-state index in [2.05, 4.69) is 5.32 Å². The van der Waals surface area contributed by atoms with E-state index in [4.69, 9.17) is 14.2 Å². The smallest absolute Gasteiger partial charge is 0.344 e. The second-order valence-electron chi connectivity index (χ2n) is 5.82. The third-order valence-corrected chi connectivity index (χ3v) is 3.66. The lowest BCUT2D eigenvalue weighted by atomic mass is 10.1. The first-order valence-electron chi connectivity index (χ1n) is 8.23. The van der Waals surface area contributed by atoms with Gasteiger partial charge in [0.05, 0.1) is 7.11 Å². The third kappa shape index (κ3) is 6.14. The number of carbonyl (C=O) groups excluding carboxylic acids is 3. The van der Waals surface area contributed by atoms with Crippen molar-refractivity contribution in [2.75, 3.05) is 20.3 Å². The predicted octanol–water partition coefficient (Wildman–Crippen LogP) is 2.19. The van der Waals surface area contributed by atoms with Crippen LogP contribution in [-0.4, -0.2) is 38.1 Å². The van der Waals surface area contributed by atoms with Crippen LogP contribution < -0.4 is 14.8 Å². The first kappa shape index (κ1) is 20.0. The summed E-state index contributed by atoms with van der Waals surface area (Å²) in [6.07, 6.45) is 0. The van der Waals surface area contributed by atoms with Crippen molar-refractivity contribution in [2.24, 2.45) is 0 Å². The summed E-state index contributed by atoms with van der Waals surface area (Å²) in [6, 6.07) is 11.9. The number of rotatable bonds is 7. The molecule has 2 rings (SSSR count). The van der Waals surface area contributed by atoms with Gasteiger partial charge in [-0.2, -0.15) is 0 Å². The Bertz CT molecular complexity index is 829. The minimum Gasteiger partial charge on any atom is -0.497 e. The normalized spacial score (nSPS) is 10.0. The number of imide groups is 1. The van der Waals surface area contributed by atoms with Crippen LogP contribution in [0.15, 0.2) is 42.5 Å². The van der Waals surface area contributed by atoms with E-state index >= 15 is 0 Å². The van der Waals surface area contributed by atoms with Gasteiger partial charge >= 0.3 is 5.97 Å². The summed E-state index contributed by atoms with van der Waals surface area (Å²) < 4.78 is 15.2. The average molecular weight is 371 g/mol. The highest BCUT2D eigenvalue weighted by Crippen LogP contribution is 2.18. The minimum atomic E-state index is -0.726. The second kappa shape index (κ2) is 9.38. The van der Waals surface area contributed by atoms with Crippen LogP contribution in [0.2, 0.25) is 0 Å². The number of carbonyl (C=O) groups is 3. The zero-order valence-electron chi connectivity index (χ0n) is 15.4. The number of amides is 2. The van der Waals surface area contributed by atoms with Crippen molar-refractivity contribution >= 4 is 17.8 Å². The molecule has 0 aromatic heterocycles. The molecule has 2 amide bonds. The fourth-order valence-corrected chi connectivity index (χ4v) is 2.16. The molecule has 0 unspecified atom stereocenters. The molecule has 27 heavy (non-hydrogen) atoms. The van der Waals surface area contributed by atoms with E-state index in [9.17, 15) is 14.4 Å². The fourth-order valence-electron chi connectivity index (χ4n) is 2.16. The maximum absolute atomic E-state index is 11.9. The molecule has 0 saturated carbocycles. The van der Waals surface area contributed by atoms with Gasteiger partial charge in [0, 0.05) is 5.56 Å². The maximum Gasteiger partial charge on any atom is 0.344 e. The molecule has 0 spiro atoms. The van der Waals surface area contributed by atoms with Crippen LogP contribution in [0.5, 0.6) is 11.5 Å². The number of methoxy groups -OCH3 is 1. The van der Waals surface area contributed by atoms with Gasteiger partial charge < -0.3 is 14.2 Å². The minimum absolute atomic E-state index is 0.286. The summed E-state index contributed by atoms with van der Waals surface area (Å²) in [5.41, 5.74) is 2.17. The van der Waals surface area contributed by atoms with Crippen LogP contribution in [-0.2, 0) is 14.3 Å². The van der Waals surface area contributed by atoms with E-state index in [1.807, 2.05) is 32.0 Å². The number of benzene rings is 2. The van der Waals surface area contributed by atoms with Crippen LogP contribution in [0.3, 0.4) is 0 Å². The fraction of sp³-hybridized carbons (Fsp3) is 0.250. The zero-order valence-corrected chi connectivity index (χ0v) is 15.4. The number of aryl methyl sites for hydroxylation is 2. The zero-order chi connectivity index (χ0) is 19.8. The first-order chi connectivity index (χ1) is 12.9. The van der Waals surface area contributed by atoms with Gasteiger partial charge in [-0.25, -0.2) is 4.79 Å². The van der Waals surface area contributed by atoms with E-state index in [0.29, 0.717) is 11.5 Å². The number of ether oxygens (including phenoxy) is 3. The second-order valence-corrected chi connectivity index (χ2v) is 5.82. The summed E-state index contributed by atoms with van der Waals surface area (Å²) in [5.74, 6) is -0.856. The van der Waals surface area contributed by atoms with Crippen molar-refractivity contribution in [3.05, 3.63) is 59.2 Å². The lowest BCUT2D eigenvalue weighted by Crippen LogP contribution is -2.34. The van der Waals surface area contributed by atoms with E-state index in [0.717, 1.165) is 11.1 Å². The summed E-state index contributed by atoms with van der Waals surface area (Å²) in [5, 5.41) is 2.14. The van der Waals surface area contributed by atoms with Crippen molar-refractivity contribution in [1.29, 1.82) is 0 Å². The van der Waals surface area contributed by atoms with Crippen LogP contribution in [0.25, 0.3) is 0 Å². The monoisotopic (exact) mass is 371 g/mol. The van der Waals surface area contributed by atoms with E-state index in [1.54, 1.807) is 12.1 Å². The van der Waals surface area contributed by atoms with Crippen molar-refractivity contribution < 1.29 is 28.6 Å². The maximum atomic E-state index is 11.9. The Balaban J connectivity index is 1.76. The van der Waals surface area contributed by atoms with Gasteiger partial charge in [0.15, 0.2) is 13.2 Å². The van der Waals surface area contributed by atoms with E-state index in [-0.39, 0.29) is 12.2 Å². The molecule has 0 fully saturated rings. The van der Waals surface area contributed by atoms with Crippen molar-refractivity contribution in [1.82, 2.24) is 5.32 Å². The molecule has 0 heterocycles. The van der Waals surface area contributed by atoms with E-state index < -0.39 is 24.4 Å². The van der Waals surface area contributed by atoms with E-state index in [1.165, 1.54) is 19.2 Å². The molecular weight excluding hydrogens is 350 g/mol. The Kier molecular flexibility index (Phi) is 6.93. The number of hydrogen-bond donors (Lipinski definition) is 1. The quantitative estimate of drug-likeness (QED) is 0.751. The molecule has 1 N–H and O–H groups in total. The molecule has 0 radical (unpaired) electrons. The SMILES string of the molecule is COc1ccc(C(=O)NC(=O)COC(=O)COc2cc(C)ccc2C)cc1. The Labute approximate surface area is 157 Å². The molecule has 0 saturated heterocycles. The van der Waals surface area contributed by atoms with Gasteiger partial charge in [0.1, 0.15) is 11.5 Å². The third-order valence-electron chi connectivity index (χ3n) is 3.66. The van der Waals surface area contributed by atoms with Crippen LogP contribution in [0, 0.1) is 13.8 Å². The molecule has 0 aliphatic rings. The Morgan fingerprint density at radius 2 is 1.67 bits per heavy atom. The van der Waals surface area contributed by atoms with Gasteiger partial charge in [0.25, 0.3) is 11.8 Å². The molecule has 0 atom stereocenters. The topological polar surface area (TPSA) is 90.9 Å². The predicted molar refractivity (Wildman–Crippen MR) is 97.8 cm³/mol. The molecule has 7 heteroatoms. The standard InChI is InChI=1S/C20H21NO6/c1-13-4-5-14(2)17(10-13)26-12-19(23)27-11-18(22)21-20(24)15-6-8-16(25-3)9-7-15/h4-10H,11-12H2,1-3H3,(H,21,22,24). The summed E-state index contributed by atoms with van der Waals surface area (Å²) >= 11 is 0. The highest BCUT2D eigenvalue weighted by Gasteiger charge is 2.13. The lowest BCUT2D eigenvalue weighted by Gasteiger charge is -2.10.